The van der Waals surface area contributed by atoms with Gasteiger partial charge in [0.05, 0.1) is 6.16 Å². The lowest BCUT2D eigenvalue weighted by molar-refractivity contribution is 0.489. The lowest BCUT2D eigenvalue weighted by Crippen LogP contribution is -1.99. The molecule has 1 unspecified atom stereocenters. The lowest BCUT2D eigenvalue weighted by Gasteiger charge is -2.20. The average molecular weight is 613 g/mol. The van der Waals surface area contributed by atoms with E-state index in [1.807, 2.05) is 115 Å². The maximum absolute atomic E-state index is 6.72. The minimum Gasteiger partial charge on any atom is -0.438 e. The van der Waals surface area contributed by atoms with Crippen LogP contribution in [0.4, 0.5) is 0 Å². The molecule has 44 heavy (non-hydrogen) atoms. The molecule has 0 aliphatic carbocycles. The largest absolute Gasteiger partial charge is 0.453 e. The van der Waals surface area contributed by atoms with Gasteiger partial charge in [0.15, 0.2) is 0 Å². The monoisotopic (exact) mass is 612 g/mol. The molecule has 1 aliphatic heterocycles. The Hall–Kier alpha value is -4.95. The van der Waals surface area contributed by atoms with Gasteiger partial charge in [0.25, 0.3) is 8.38 Å². The van der Waals surface area contributed by atoms with Crippen LogP contribution in [-0.4, -0.2) is 0 Å². The molecule has 1 aromatic heterocycles. The van der Waals surface area contributed by atoms with E-state index in [1.165, 1.54) is 11.1 Å². The normalized spacial score (nSPS) is 13.8. The van der Waals surface area contributed by atoms with Crippen molar-refractivity contribution in [3.63, 3.8) is 0 Å². The number of hydrogen-bond donors (Lipinski definition) is 0. The van der Waals surface area contributed by atoms with Crippen molar-refractivity contribution in [1.29, 1.82) is 0 Å². The van der Waals surface area contributed by atoms with Gasteiger partial charge in [-0.05, 0) is 41.5 Å². The second-order valence-corrected chi connectivity index (χ2v) is 12.7. The number of benzene rings is 6. The fourth-order valence-electron chi connectivity index (χ4n) is 5.50. The predicted octanol–water partition coefficient (Wildman–Crippen LogP) is 11.7. The van der Waals surface area contributed by atoms with E-state index >= 15 is 0 Å². The molecular weight excluding hydrogens is 586 g/mol. The van der Waals surface area contributed by atoms with Crippen LogP contribution in [0.1, 0.15) is 5.56 Å². The minimum atomic E-state index is -1.80. The van der Waals surface area contributed by atoms with Crippen LogP contribution in [0, 0.1) is 0 Å². The summed E-state index contributed by atoms with van der Waals surface area (Å²) in [5.74, 6) is 2.19. The Bertz CT molecular complexity index is 2070. The van der Waals surface area contributed by atoms with Gasteiger partial charge in [0.1, 0.15) is 28.4 Å². The van der Waals surface area contributed by atoms with Crippen molar-refractivity contribution in [2.24, 2.45) is 0 Å². The van der Waals surface area contributed by atoms with E-state index in [0.29, 0.717) is 11.9 Å². The minimum absolute atomic E-state index is 0.636. The Morgan fingerprint density at radius 3 is 1.64 bits per heavy atom. The molecule has 7 heteroatoms. The zero-order valence-electron chi connectivity index (χ0n) is 23.5. The Balaban J connectivity index is 1.17. The highest BCUT2D eigenvalue weighted by Crippen LogP contribution is 2.53. The van der Waals surface area contributed by atoms with Gasteiger partial charge in [-0.3, -0.25) is 0 Å². The third kappa shape index (κ3) is 5.11. The summed E-state index contributed by atoms with van der Waals surface area (Å²) in [4.78, 5) is 0. The number of fused-ring (bicyclic) bond motifs is 6. The van der Waals surface area contributed by atoms with E-state index in [0.717, 1.165) is 50.1 Å². The van der Waals surface area contributed by atoms with Crippen LogP contribution in [0.5, 0.6) is 17.2 Å². The first-order valence-electron chi connectivity index (χ1n) is 14.3. The van der Waals surface area contributed by atoms with Crippen molar-refractivity contribution in [2.75, 3.05) is 0 Å². The van der Waals surface area contributed by atoms with E-state index in [-0.39, 0.29) is 0 Å². The van der Waals surface area contributed by atoms with Gasteiger partial charge >= 0.3 is 8.24 Å². The highest BCUT2D eigenvalue weighted by Gasteiger charge is 2.26. The number of para-hydroxylation sites is 5. The molecule has 0 fully saturated rings. The maximum Gasteiger partial charge on any atom is 0.453 e. The second kappa shape index (κ2) is 11.6. The molecule has 0 saturated carbocycles. The van der Waals surface area contributed by atoms with Crippen LogP contribution in [-0.2, 0) is 6.16 Å². The van der Waals surface area contributed by atoms with Gasteiger partial charge in [-0.2, -0.15) is 0 Å². The van der Waals surface area contributed by atoms with Gasteiger partial charge < -0.3 is 22.0 Å². The SMILES string of the molecule is c1ccc2c(c1)CP(Oc1ccccc1-c1ccccc1Op1oc3ccccc3c3ccccc3o1)Oc1ccccc1-2. The molecule has 0 amide bonds. The van der Waals surface area contributed by atoms with Gasteiger partial charge in [-0.15, -0.1) is 0 Å². The van der Waals surface area contributed by atoms with E-state index in [1.54, 1.807) is 0 Å². The molecule has 0 bridgehead atoms. The van der Waals surface area contributed by atoms with Crippen LogP contribution in [0.2, 0.25) is 0 Å². The fraction of sp³-hybridized carbons (Fsp3) is 0.0270. The first kappa shape index (κ1) is 26.7. The lowest BCUT2D eigenvalue weighted by atomic mass is 10.00. The summed E-state index contributed by atoms with van der Waals surface area (Å²) in [5.41, 5.74) is 6.67. The highest BCUT2D eigenvalue weighted by molar-refractivity contribution is 7.47. The van der Waals surface area contributed by atoms with Crippen molar-refractivity contribution < 1.29 is 22.0 Å². The second-order valence-electron chi connectivity index (χ2n) is 10.3. The third-order valence-corrected chi connectivity index (χ3v) is 9.98. The van der Waals surface area contributed by atoms with Crippen LogP contribution in [0.15, 0.2) is 154 Å². The average Bonchev–Trinajstić information content (AvgIpc) is 3.32. The van der Waals surface area contributed by atoms with Crippen molar-refractivity contribution >= 4 is 38.6 Å². The third-order valence-electron chi connectivity index (χ3n) is 7.54. The van der Waals surface area contributed by atoms with Gasteiger partial charge in [0.2, 0.25) is 0 Å². The van der Waals surface area contributed by atoms with E-state index in [4.69, 9.17) is 22.0 Å². The molecule has 1 aliphatic rings. The number of rotatable bonds is 5. The fourth-order valence-corrected chi connectivity index (χ4v) is 8.05. The van der Waals surface area contributed by atoms with Crippen molar-refractivity contribution in [2.45, 2.75) is 6.16 Å². The molecule has 2 heterocycles. The summed E-state index contributed by atoms with van der Waals surface area (Å²) < 4.78 is 32.5. The van der Waals surface area contributed by atoms with Crippen LogP contribution in [0.25, 0.3) is 44.2 Å². The molecule has 1 atom stereocenters. The summed E-state index contributed by atoms with van der Waals surface area (Å²) in [6, 6.07) is 48.3. The maximum atomic E-state index is 6.72. The summed E-state index contributed by atoms with van der Waals surface area (Å²) in [5, 5.41) is 1.94. The molecule has 0 radical (unpaired) electrons. The number of hydrogen-bond acceptors (Lipinski definition) is 5. The summed E-state index contributed by atoms with van der Waals surface area (Å²) >= 11 is 0. The first-order chi connectivity index (χ1) is 21.8. The summed E-state index contributed by atoms with van der Waals surface area (Å²) in [7, 11) is -3.13. The van der Waals surface area contributed by atoms with E-state index < -0.39 is 16.6 Å². The first-order valence-corrected chi connectivity index (χ1v) is 16.8. The van der Waals surface area contributed by atoms with E-state index in [9.17, 15) is 0 Å². The molecule has 6 aromatic carbocycles. The van der Waals surface area contributed by atoms with Crippen LogP contribution >= 0.6 is 16.6 Å². The smallest absolute Gasteiger partial charge is 0.438 e. The standard InChI is InChI=1S/C37H26O5P2/c1-2-14-27-26(13-1)25-43(38-33-20-8-3-15-28(27)33)39-34-21-9-4-16-29(34)30-17-5-10-22-35(30)40-44-41-36-23-11-6-18-31(36)32-19-7-12-24-37(32)42-44/h1-24H,25H2. The summed E-state index contributed by atoms with van der Waals surface area (Å²) in [6.45, 7) is 0. The molecule has 214 valence electrons. The summed E-state index contributed by atoms with van der Waals surface area (Å²) in [6.07, 6.45) is 0.665. The Morgan fingerprint density at radius 2 is 0.955 bits per heavy atom. The highest BCUT2D eigenvalue weighted by atomic mass is 31.2. The van der Waals surface area contributed by atoms with Gasteiger partial charge in [-0.1, -0.05) is 115 Å². The zero-order chi connectivity index (χ0) is 29.3. The van der Waals surface area contributed by atoms with Crippen LogP contribution < -0.4 is 13.6 Å². The molecule has 0 saturated heterocycles. The quantitative estimate of drug-likeness (QED) is 0.181. The molecule has 5 nitrogen and oxygen atoms in total. The van der Waals surface area contributed by atoms with Gasteiger partial charge in [-0.25, -0.2) is 0 Å². The molecule has 7 aromatic rings. The Labute approximate surface area is 256 Å². The van der Waals surface area contributed by atoms with E-state index in [2.05, 4.69) is 30.3 Å². The van der Waals surface area contributed by atoms with Crippen molar-refractivity contribution in [3.8, 4) is 39.5 Å². The molecule has 8 rings (SSSR count). The Kier molecular flexibility index (Phi) is 7.04. The van der Waals surface area contributed by atoms with Crippen molar-refractivity contribution in [3.05, 3.63) is 151 Å². The molecule has 0 N–H and O–H groups in total. The Morgan fingerprint density at radius 1 is 0.455 bits per heavy atom. The van der Waals surface area contributed by atoms with Gasteiger partial charge in [0, 0.05) is 27.5 Å². The molecular formula is C37H26O5P2. The topological polar surface area (TPSA) is 54.0 Å². The van der Waals surface area contributed by atoms with Crippen molar-refractivity contribution in [1.82, 2.24) is 0 Å². The van der Waals surface area contributed by atoms with Crippen LogP contribution in [0.3, 0.4) is 0 Å². The molecule has 0 spiro atoms. The predicted molar refractivity (Wildman–Crippen MR) is 178 cm³/mol. The zero-order valence-corrected chi connectivity index (χ0v) is 25.3.